The van der Waals surface area contributed by atoms with Crippen molar-refractivity contribution < 1.29 is 47.6 Å². The number of carboxylic acids is 2. The molecule has 2 heterocycles. The highest BCUT2D eigenvalue weighted by Crippen LogP contribution is 2.26. The highest BCUT2D eigenvalue weighted by Gasteiger charge is 2.18. The summed E-state index contributed by atoms with van der Waals surface area (Å²) in [5.74, 6) is -5.02. The van der Waals surface area contributed by atoms with Crippen LogP contribution in [0.4, 0.5) is 4.39 Å². The zero-order chi connectivity index (χ0) is 25.3. The van der Waals surface area contributed by atoms with E-state index in [4.69, 9.17) is 28.5 Å². The van der Waals surface area contributed by atoms with E-state index in [0.29, 0.717) is 0 Å². The molecule has 0 bridgehead atoms. The summed E-state index contributed by atoms with van der Waals surface area (Å²) in [6.07, 6.45) is -1.26. The second-order valence-electron chi connectivity index (χ2n) is 7.27. The number of halogens is 1. The van der Waals surface area contributed by atoms with E-state index < -0.39 is 52.8 Å². The van der Waals surface area contributed by atoms with Crippen LogP contribution in [-0.2, 0) is 0 Å². The quantitative estimate of drug-likeness (QED) is 0.334. The Morgan fingerprint density at radius 2 is 1.49 bits per heavy atom. The van der Waals surface area contributed by atoms with E-state index in [1.807, 2.05) is 0 Å². The summed E-state index contributed by atoms with van der Waals surface area (Å²) in [6, 6.07) is 7.33. The van der Waals surface area contributed by atoms with Crippen molar-refractivity contribution in [3.05, 3.63) is 80.2 Å². The predicted molar refractivity (Wildman–Crippen MR) is 116 cm³/mol. The third-order valence-corrected chi connectivity index (χ3v) is 4.75. The molecule has 0 aliphatic carbocycles. The minimum absolute atomic E-state index is 0.0361. The molecule has 3 N–H and O–H groups in total. The lowest BCUT2D eigenvalue weighted by atomic mass is 10.2. The maximum absolute atomic E-state index is 13.9. The zero-order valence-corrected chi connectivity index (χ0v) is 17.5. The number of benzene rings is 2. The highest BCUT2D eigenvalue weighted by molar-refractivity contribution is 5.90. The average molecular weight is 485 g/mol. The van der Waals surface area contributed by atoms with Gasteiger partial charge in [0, 0.05) is 24.3 Å². The van der Waals surface area contributed by atoms with Crippen molar-refractivity contribution in [2.75, 3.05) is 13.2 Å². The molecule has 0 aliphatic heterocycles. The van der Waals surface area contributed by atoms with Crippen molar-refractivity contribution in [2.24, 2.45) is 0 Å². The van der Waals surface area contributed by atoms with Gasteiger partial charge in [0.25, 0.3) is 0 Å². The number of rotatable bonds is 8. The Morgan fingerprint density at radius 1 is 0.857 bits per heavy atom. The summed E-state index contributed by atoms with van der Waals surface area (Å²) in [7, 11) is 0. The fourth-order valence-corrected chi connectivity index (χ4v) is 3.20. The summed E-state index contributed by atoms with van der Waals surface area (Å²) < 4.78 is 34.9. The molecule has 2 aromatic heterocycles. The predicted octanol–water partition coefficient (Wildman–Crippen LogP) is 2.25. The number of ether oxygens (including phenoxy) is 2. The molecular weight excluding hydrogens is 470 g/mol. The topological polar surface area (TPSA) is 174 Å². The van der Waals surface area contributed by atoms with Crippen LogP contribution in [0.25, 0.3) is 21.9 Å². The molecule has 0 amide bonds. The van der Waals surface area contributed by atoms with E-state index in [-0.39, 0.29) is 40.0 Å². The number of hydrogen-bond donors (Lipinski definition) is 3. The molecule has 0 saturated heterocycles. The first-order valence-electron chi connectivity index (χ1n) is 9.88. The Balaban J connectivity index is 1.47. The fraction of sp³-hybridized carbons (Fsp3) is 0.130. The van der Waals surface area contributed by atoms with Gasteiger partial charge in [-0.1, -0.05) is 0 Å². The summed E-state index contributed by atoms with van der Waals surface area (Å²) in [6.45, 7) is -0.758. The lowest BCUT2D eigenvalue weighted by Gasteiger charge is -2.15. The lowest BCUT2D eigenvalue weighted by Crippen LogP contribution is -2.25. The van der Waals surface area contributed by atoms with Crippen molar-refractivity contribution in [1.29, 1.82) is 0 Å². The van der Waals surface area contributed by atoms with Crippen molar-refractivity contribution >= 4 is 33.9 Å². The van der Waals surface area contributed by atoms with E-state index in [1.54, 1.807) is 0 Å². The Bertz CT molecular complexity index is 1580. The molecule has 35 heavy (non-hydrogen) atoms. The molecule has 0 spiro atoms. The first-order valence-corrected chi connectivity index (χ1v) is 9.88. The molecule has 12 heteroatoms. The smallest absolute Gasteiger partial charge is 0.371 e. The van der Waals surface area contributed by atoms with Gasteiger partial charge in [0.2, 0.25) is 11.5 Å². The Hall–Kier alpha value is -4.71. The van der Waals surface area contributed by atoms with Crippen molar-refractivity contribution in [1.82, 2.24) is 0 Å². The Morgan fingerprint density at radius 3 is 2.17 bits per heavy atom. The van der Waals surface area contributed by atoms with Crippen LogP contribution in [0.3, 0.4) is 0 Å². The van der Waals surface area contributed by atoms with Gasteiger partial charge in [0.15, 0.2) is 10.9 Å². The Kier molecular flexibility index (Phi) is 6.21. The first-order chi connectivity index (χ1) is 16.6. The van der Waals surface area contributed by atoms with Crippen molar-refractivity contribution in [3.63, 3.8) is 0 Å². The van der Waals surface area contributed by atoms with E-state index in [1.165, 1.54) is 18.2 Å². The standard InChI is InChI=1S/C23H15FO11/c24-10-3-17(21-15(27)7-20(23(30)31)35-18(21)4-10)33-9-11(25)8-32-12-1-2-16-13(5-12)14(26)6-19(34-16)22(28)29/h1-7,11,25H,8-9H2,(H,28,29)(H,30,31)/i24-1. The van der Waals surface area contributed by atoms with Crippen LogP contribution in [0.5, 0.6) is 11.5 Å². The minimum atomic E-state index is -1.50. The second kappa shape index (κ2) is 9.27. The first kappa shape index (κ1) is 23.4. The number of carbonyl (C=O) groups is 2. The van der Waals surface area contributed by atoms with Gasteiger partial charge < -0.3 is 33.6 Å². The van der Waals surface area contributed by atoms with Gasteiger partial charge in [-0.25, -0.2) is 14.0 Å². The summed E-state index contributed by atoms with van der Waals surface area (Å²) in [5.41, 5.74) is -1.67. The molecule has 11 nitrogen and oxygen atoms in total. The SMILES string of the molecule is O=C(O)c1cc(=O)c2cc(OCC(O)COc3cc([18F])cc4oc(C(=O)O)cc(=O)c34)ccc2o1. The number of aromatic carboxylic acids is 2. The number of aliphatic hydroxyl groups is 1. The maximum Gasteiger partial charge on any atom is 0.371 e. The molecule has 180 valence electrons. The molecule has 0 aliphatic rings. The number of hydrogen-bond acceptors (Lipinski definition) is 9. The summed E-state index contributed by atoms with van der Waals surface area (Å²) in [5, 5.41) is 28.0. The number of carboxylic acid groups (broad SMARTS) is 2. The van der Waals surface area contributed by atoms with Crippen molar-refractivity contribution in [2.45, 2.75) is 6.10 Å². The molecule has 0 radical (unpaired) electrons. The molecule has 0 saturated carbocycles. The largest absolute Gasteiger partial charge is 0.491 e. The molecular formula is C23H15FO11. The van der Waals surface area contributed by atoms with Crippen molar-refractivity contribution in [3.8, 4) is 11.5 Å². The molecule has 1 atom stereocenters. The van der Waals surface area contributed by atoms with Crippen LogP contribution >= 0.6 is 0 Å². The van der Waals surface area contributed by atoms with Gasteiger partial charge in [-0.3, -0.25) is 9.59 Å². The van der Waals surface area contributed by atoms with Gasteiger partial charge in [-0.05, 0) is 18.2 Å². The molecule has 0 fully saturated rings. The molecule has 4 rings (SSSR count). The van der Waals surface area contributed by atoms with Crippen LogP contribution < -0.4 is 20.3 Å². The van der Waals surface area contributed by atoms with Gasteiger partial charge in [0.1, 0.15) is 53.2 Å². The van der Waals surface area contributed by atoms with Crippen LogP contribution in [0, 0.1) is 5.82 Å². The van der Waals surface area contributed by atoms with Crippen LogP contribution in [0.1, 0.15) is 21.1 Å². The molecule has 2 aromatic carbocycles. The lowest BCUT2D eigenvalue weighted by molar-refractivity contribution is 0.0630. The average Bonchev–Trinajstić information content (AvgIpc) is 2.80. The van der Waals surface area contributed by atoms with Crippen LogP contribution in [0.15, 0.2) is 60.9 Å². The Labute approximate surface area is 193 Å². The molecule has 4 aromatic rings. The van der Waals surface area contributed by atoms with Gasteiger partial charge >= 0.3 is 11.9 Å². The van der Waals surface area contributed by atoms with Gasteiger partial charge in [-0.2, -0.15) is 0 Å². The van der Waals surface area contributed by atoms with E-state index in [2.05, 4.69) is 0 Å². The summed E-state index contributed by atoms with van der Waals surface area (Å²) >= 11 is 0. The monoisotopic (exact) mass is 485 g/mol. The van der Waals surface area contributed by atoms with Crippen LogP contribution in [-0.4, -0.2) is 46.6 Å². The third kappa shape index (κ3) is 4.96. The second-order valence-corrected chi connectivity index (χ2v) is 7.27. The van der Waals surface area contributed by atoms with Crippen LogP contribution in [0.2, 0.25) is 0 Å². The number of fused-ring (bicyclic) bond motifs is 2. The van der Waals surface area contributed by atoms with E-state index >= 15 is 0 Å². The third-order valence-electron chi connectivity index (χ3n) is 4.75. The van der Waals surface area contributed by atoms with E-state index in [9.17, 15) is 28.7 Å². The minimum Gasteiger partial charge on any atom is -0.491 e. The van der Waals surface area contributed by atoms with Gasteiger partial charge in [0.05, 0.1) is 5.39 Å². The molecule has 1 unspecified atom stereocenters. The zero-order valence-electron chi connectivity index (χ0n) is 17.5. The highest BCUT2D eigenvalue weighted by atomic mass is 18.2. The maximum atomic E-state index is 13.9. The van der Waals surface area contributed by atoms with Gasteiger partial charge in [-0.15, -0.1) is 0 Å². The normalized spacial score (nSPS) is 11.9. The fourth-order valence-electron chi connectivity index (χ4n) is 3.20. The number of aliphatic hydroxyl groups excluding tert-OH is 1. The van der Waals surface area contributed by atoms with E-state index in [0.717, 1.165) is 24.3 Å². The summed E-state index contributed by atoms with van der Waals surface area (Å²) in [4.78, 5) is 46.5.